The number of esters is 1. The molecule has 2 atom stereocenters. The molecule has 0 aromatic rings. The molecule has 5 nitrogen and oxygen atoms in total. The summed E-state index contributed by atoms with van der Waals surface area (Å²) in [6, 6.07) is 0. The van der Waals surface area contributed by atoms with Crippen LogP contribution in [0.15, 0.2) is 12.7 Å². The van der Waals surface area contributed by atoms with Gasteiger partial charge in [-0.05, 0) is 13.8 Å². The number of hydrogen-bond donors (Lipinski definition) is 2. The first-order valence-electron chi connectivity index (χ1n) is 4.12. The lowest BCUT2D eigenvalue weighted by atomic mass is 9.89. The molecule has 0 aliphatic rings. The molecular formula is C9H14O5. The van der Waals surface area contributed by atoms with E-state index in [4.69, 9.17) is 5.11 Å². The van der Waals surface area contributed by atoms with Gasteiger partial charge in [-0.2, -0.15) is 0 Å². The summed E-state index contributed by atoms with van der Waals surface area (Å²) in [7, 11) is 0. The molecule has 14 heavy (non-hydrogen) atoms. The Bertz CT molecular complexity index is 244. The Kier molecular flexibility index (Phi) is 4.30. The van der Waals surface area contributed by atoms with Crippen molar-refractivity contribution in [3.05, 3.63) is 12.7 Å². The molecule has 0 heterocycles. The summed E-state index contributed by atoms with van der Waals surface area (Å²) in [4.78, 5) is 21.8. The highest BCUT2D eigenvalue weighted by Gasteiger charge is 2.43. The van der Waals surface area contributed by atoms with Crippen molar-refractivity contribution >= 4 is 11.9 Å². The van der Waals surface area contributed by atoms with Gasteiger partial charge in [-0.3, -0.25) is 4.79 Å². The molecule has 2 N–H and O–H groups in total. The van der Waals surface area contributed by atoms with Gasteiger partial charge in [0, 0.05) is 0 Å². The zero-order valence-electron chi connectivity index (χ0n) is 8.19. The molecule has 0 bridgehead atoms. The Hall–Kier alpha value is -1.36. The minimum Gasteiger partial charge on any atom is -0.479 e. The average molecular weight is 202 g/mol. The Morgan fingerprint density at radius 3 is 2.43 bits per heavy atom. The van der Waals surface area contributed by atoms with Crippen molar-refractivity contribution in [1.82, 2.24) is 0 Å². The van der Waals surface area contributed by atoms with E-state index in [1.54, 1.807) is 6.92 Å². The van der Waals surface area contributed by atoms with Crippen molar-refractivity contribution in [2.24, 2.45) is 5.92 Å². The number of carbonyl (C=O) groups is 2. The third kappa shape index (κ3) is 2.56. The molecule has 0 aliphatic heterocycles. The highest BCUT2D eigenvalue weighted by Crippen LogP contribution is 2.20. The van der Waals surface area contributed by atoms with E-state index in [0.29, 0.717) is 0 Å². The summed E-state index contributed by atoms with van der Waals surface area (Å²) in [6.07, 6.45) is 1.06. The van der Waals surface area contributed by atoms with Crippen LogP contribution in [0.5, 0.6) is 0 Å². The fourth-order valence-electron chi connectivity index (χ4n) is 0.920. The molecule has 0 saturated carbocycles. The van der Waals surface area contributed by atoms with Crippen LogP contribution in [0.2, 0.25) is 0 Å². The quantitative estimate of drug-likeness (QED) is 0.491. The van der Waals surface area contributed by atoms with Crippen molar-refractivity contribution in [2.45, 2.75) is 19.4 Å². The molecule has 0 rings (SSSR count). The van der Waals surface area contributed by atoms with Gasteiger partial charge in [0.25, 0.3) is 0 Å². The summed E-state index contributed by atoms with van der Waals surface area (Å²) in [6.45, 7) is 6.03. The lowest BCUT2D eigenvalue weighted by Gasteiger charge is -2.24. The van der Waals surface area contributed by atoms with Gasteiger partial charge in [-0.1, -0.05) is 6.08 Å². The van der Waals surface area contributed by atoms with E-state index in [1.807, 2.05) is 0 Å². The zero-order valence-corrected chi connectivity index (χ0v) is 8.19. The van der Waals surface area contributed by atoms with Crippen molar-refractivity contribution in [2.75, 3.05) is 6.61 Å². The molecule has 0 aromatic carbocycles. The first kappa shape index (κ1) is 12.6. The van der Waals surface area contributed by atoms with E-state index in [0.717, 1.165) is 13.0 Å². The number of rotatable bonds is 5. The number of hydrogen-bond acceptors (Lipinski definition) is 4. The van der Waals surface area contributed by atoms with Crippen LogP contribution in [0.25, 0.3) is 0 Å². The number of aliphatic hydroxyl groups is 1. The molecule has 0 aliphatic carbocycles. The number of carboxylic acids is 1. The SMILES string of the molecule is C=C[C@@H](C(=O)OCC)[C@](C)(O)C(=O)O. The minimum absolute atomic E-state index is 0.124. The van der Waals surface area contributed by atoms with Gasteiger partial charge in [0.1, 0.15) is 5.92 Å². The van der Waals surface area contributed by atoms with Crippen LogP contribution in [-0.2, 0) is 14.3 Å². The number of ether oxygens (including phenoxy) is 1. The maximum atomic E-state index is 11.2. The molecule has 0 amide bonds. The van der Waals surface area contributed by atoms with E-state index >= 15 is 0 Å². The van der Waals surface area contributed by atoms with Crippen molar-refractivity contribution < 1.29 is 24.5 Å². The predicted molar refractivity (Wildman–Crippen MR) is 48.6 cm³/mol. The van der Waals surface area contributed by atoms with Crippen LogP contribution in [-0.4, -0.2) is 34.4 Å². The molecule has 0 unspecified atom stereocenters. The molecular weight excluding hydrogens is 188 g/mol. The smallest absolute Gasteiger partial charge is 0.336 e. The Morgan fingerprint density at radius 2 is 2.14 bits per heavy atom. The van der Waals surface area contributed by atoms with Crippen LogP contribution in [0.4, 0.5) is 0 Å². The standard InChI is InChI=1S/C9H14O5/c1-4-6(7(10)14-5-2)9(3,13)8(11)12/h4,6,13H,1,5H2,2-3H3,(H,11,12)/t6-,9-/m0/s1. The van der Waals surface area contributed by atoms with E-state index in [-0.39, 0.29) is 6.61 Å². The summed E-state index contributed by atoms with van der Waals surface area (Å²) in [5, 5.41) is 18.1. The number of carbonyl (C=O) groups excluding carboxylic acids is 1. The zero-order chi connectivity index (χ0) is 11.4. The van der Waals surface area contributed by atoms with Crippen LogP contribution >= 0.6 is 0 Å². The van der Waals surface area contributed by atoms with Crippen molar-refractivity contribution in [3.8, 4) is 0 Å². The Balaban J connectivity index is 4.80. The second-order valence-corrected chi connectivity index (χ2v) is 2.92. The third-order valence-electron chi connectivity index (χ3n) is 1.81. The molecule has 0 radical (unpaired) electrons. The van der Waals surface area contributed by atoms with E-state index < -0.39 is 23.5 Å². The fourth-order valence-corrected chi connectivity index (χ4v) is 0.920. The second-order valence-electron chi connectivity index (χ2n) is 2.92. The highest BCUT2D eigenvalue weighted by molar-refractivity contribution is 5.87. The lowest BCUT2D eigenvalue weighted by Crippen LogP contribution is -2.46. The predicted octanol–water partition coefficient (Wildman–Crippen LogP) is 0.187. The average Bonchev–Trinajstić information content (AvgIpc) is 2.04. The van der Waals surface area contributed by atoms with Crippen LogP contribution in [0.3, 0.4) is 0 Å². The molecule has 0 fully saturated rings. The second kappa shape index (κ2) is 4.76. The number of carboxylic acid groups (broad SMARTS) is 1. The topological polar surface area (TPSA) is 83.8 Å². The maximum Gasteiger partial charge on any atom is 0.336 e. The first-order chi connectivity index (χ1) is 6.37. The molecule has 80 valence electrons. The summed E-state index contributed by atoms with van der Waals surface area (Å²) in [5.74, 6) is -3.55. The molecule has 0 saturated heterocycles. The molecule has 0 aromatic heterocycles. The number of aliphatic carboxylic acids is 1. The monoisotopic (exact) mass is 202 g/mol. The van der Waals surface area contributed by atoms with Crippen LogP contribution in [0.1, 0.15) is 13.8 Å². The van der Waals surface area contributed by atoms with Gasteiger partial charge in [0.05, 0.1) is 6.61 Å². The summed E-state index contributed by atoms with van der Waals surface area (Å²) >= 11 is 0. The first-order valence-corrected chi connectivity index (χ1v) is 4.12. The lowest BCUT2D eigenvalue weighted by molar-refractivity contribution is -0.171. The van der Waals surface area contributed by atoms with Gasteiger partial charge >= 0.3 is 11.9 Å². The van der Waals surface area contributed by atoms with E-state index in [2.05, 4.69) is 11.3 Å². The largest absolute Gasteiger partial charge is 0.479 e. The van der Waals surface area contributed by atoms with E-state index in [1.165, 1.54) is 0 Å². The van der Waals surface area contributed by atoms with Gasteiger partial charge in [-0.15, -0.1) is 6.58 Å². The highest BCUT2D eigenvalue weighted by atomic mass is 16.5. The van der Waals surface area contributed by atoms with E-state index in [9.17, 15) is 14.7 Å². The van der Waals surface area contributed by atoms with Gasteiger partial charge in [-0.25, -0.2) is 4.79 Å². The maximum absolute atomic E-state index is 11.2. The van der Waals surface area contributed by atoms with Gasteiger partial charge in [0.2, 0.25) is 0 Å². The Morgan fingerprint density at radius 1 is 1.64 bits per heavy atom. The van der Waals surface area contributed by atoms with Gasteiger partial charge < -0.3 is 14.9 Å². The normalized spacial score (nSPS) is 16.5. The molecule has 5 heteroatoms. The van der Waals surface area contributed by atoms with Crippen LogP contribution in [0, 0.1) is 5.92 Å². The minimum atomic E-state index is -2.19. The third-order valence-corrected chi connectivity index (χ3v) is 1.81. The summed E-state index contributed by atoms with van der Waals surface area (Å²) in [5.41, 5.74) is -2.19. The summed E-state index contributed by atoms with van der Waals surface area (Å²) < 4.78 is 4.60. The van der Waals surface area contributed by atoms with Crippen LogP contribution < -0.4 is 0 Å². The molecule has 0 spiro atoms. The fraction of sp³-hybridized carbons (Fsp3) is 0.556. The van der Waals surface area contributed by atoms with Gasteiger partial charge in [0.15, 0.2) is 5.60 Å². The van der Waals surface area contributed by atoms with Crippen molar-refractivity contribution in [3.63, 3.8) is 0 Å². The Labute approximate surface area is 82.0 Å². The van der Waals surface area contributed by atoms with Crippen molar-refractivity contribution in [1.29, 1.82) is 0 Å².